The lowest BCUT2D eigenvalue weighted by atomic mass is 10.0. The third-order valence-corrected chi connectivity index (χ3v) is 4.61. The number of benzene rings is 2. The van der Waals surface area contributed by atoms with Crippen molar-refractivity contribution in [2.75, 3.05) is 28.4 Å². The van der Waals surface area contributed by atoms with Crippen LogP contribution in [-0.4, -0.2) is 50.4 Å². The molecule has 174 valence electrons. The van der Waals surface area contributed by atoms with E-state index in [4.69, 9.17) is 18.9 Å². The second-order valence-electron chi connectivity index (χ2n) is 6.69. The van der Waals surface area contributed by atoms with Gasteiger partial charge in [0.05, 0.1) is 40.4 Å². The van der Waals surface area contributed by atoms with Gasteiger partial charge in [0.2, 0.25) is 0 Å². The quantitative estimate of drug-likeness (QED) is 0.294. The minimum atomic E-state index is -1.25. The maximum atomic E-state index is 12.7. The van der Waals surface area contributed by atoms with E-state index in [1.54, 1.807) is 36.4 Å². The van der Waals surface area contributed by atoms with E-state index < -0.39 is 23.9 Å². The van der Waals surface area contributed by atoms with Gasteiger partial charge in [-0.05, 0) is 47.5 Å². The van der Waals surface area contributed by atoms with Crippen molar-refractivity contribution in [1.29, 1.82) is 0 Å². The highest BCUT2D eigenvalue weighted by Gasteiger charge is 2.16. The van der Waals surface area contributed by atoms with Gasteiger partial charge in [0, 0.05) is 0 Å². The fourth-order valence-electron chi connectivity index (χ4n) is 2.92. The van der Waals surface area contributed by atoms with Crippen molar-refractivity contribution in [2.24, 2.45) is 0 Å². The van der Waals surface area contributed by atoms with E-state index >= 15 is 0 Å². The van der Waals surface area contributed by atoms with Crippen molar-refractivity contribution >= 4 is 23.9 Å². The van der Waals surface area contributed by atoms with Gasteiger partial charge in [-0.15, -0.1) is 0 Å². The standard InChI is InChI=1S/C25H26O8/c1-30-21-11-7-16(13-23(21)32-3)5-9-19(26)18(15-25(28)29)20(27)10-6-17-8-12-22(31-2)24(14-17)33-4/h5-14,26H,15H2,1-4H3,(H,28,29)/b9-5?,10-6+,19-18?. The minimum absolute atomic E-state index is 0.254. The number of carboxylic acids is 1. The number of aliphatic hydroxyl groups excluding tert-OH is 1. The topological polar surface area (TPSA) is 112 Å². The highest BCUT2D eigenvalue weighted by Crippen LogP contribution is 2.29. The fraction of sp³-hybridized carbons (Fsp3) is 0.200. The van der Waals surface area contributed by atoms with Crippen LogP contribution in [0.5, 0.6) is 23.0 Å². The first-order chi connectivity index (χ1) is 15.8. The van der Waals surface area contributed by atoms with Gasteiger partial charge in [-0.25, -0.2) is 0 Å². The predicted molar refractivity (Wildman–Crippen MR) is 124 cm³/mol. The second-order valence-corrected chi connectivity index (χ2v) is 6.69. The van der Waals surface area contributed by atoms with E-state index in [0.29, 0.717) is 34.1 Å². The molecule has 0 aliphatic carbocycles. The van der Waals surface area contributed by atoms with Crippen molar-refractivity contribution < 1.29 is 38.7 Å². The molecule has 8 nitrogen and oxygen atoms in total. The normalized spacial score (nSPS) is 11.9. The smallest absolute Gasteiger partial charge is 0.308 e. The van der Waals surface area contributed by atoms with Crippen LogP contribution in [0.4, 0.5) is 0 Å². The molecule has 2 aromatic rings. The molecule has 8 heteroatoms. The zero-order valence-electron chi connectivity index (χ0n) is 18.8. The third-order valence-electron chi connectivity index (χ3n) is 4.61. The summed E-state index contributed by atoms with van der Waals surface area (Å²) in [5.74, 6) is -0.293. The number of allylic oxidation sites excluding steroid dienone is 2. The van der Waals surface area contributed by atoms with Crippen molar-refractivity contribution in [3.8, 4) is 23.0 Å². The summed E-state index contributed by atoms with van der Waals surface area (Å²) < 4.78 is 20.8. The lowest BCUT2D eigenvalue weighted by Crippen LogP contribution is -2.08. The van der Waals surface area contributed by atoms with Crippen LogP contribution in [0.2, 0.25) is 0 Å². The van der Waals surface area contributed by atoms with E-state index in [1.165, 1.54) is 52.7 Å². The Morgan fingerprint density at radius 1 is 0.727 bits per heavy atom. The summed E-state index contributed by atoms with van der Waals surface area (Å²) in [6.07, 6.45) is 4.85. The number of ether oxygens (including phenoxy) is 4. The number of carboxylic acid groups (broad SMARTS) is 1. The Balaban J connectivity index is 2.31. The van der Waals surface area contributed by atoms with Crippen molar-refractivity contribution in [3.05, 3.63) is 71.0 Å². The molecule has 2 N–H and O–H groups in total. The van der Waals surface area contributed by atoms with E-state index in [2.05, 4.69) is 0 Å². The Kier molecular flexibility index (Phi) is 9.11. The van der Waals surface area contributed by atoms with Gasteiger partial charge in [0.25, 0.3) is 0 Å². The Bertz CT molecular complexity index is 1100. The molecule has 0 heterocycles. The van der Waals surface area contributed by atoms with Gasteiger partial charge in [0.1, 0.15) is 5.76 Å². The summed E-state index contributed by atoms with van der Waals surface area (Å²) in [7, 11) is 6.02. The number of ketones is 1. The number of hydrogen-bond donors (Lipinski definition) is 2. The molecule has 0 aromatic heterocycles. The number of rotatable bonds is 11. The summed E-state index contributed by atoms with van der Waals surface area (Å²) in [4.78, 5) is 23.9. The molecule has 0 saturated carbocycles. The summed E-state index contributed by atoms with van der Waals surface area (Å²) in [6, 6.07) is 10.1. The molecular formula is C25H26O8. The van der Waals surface area contributed by atoms with Crippen LogP contribution in [0, 0.1) is 0 Å². The van der Waals surface area contributed by atoms with Crippen molar-refractivity contribution in [3.63, 3.8) is 0 Å². The maximum absolute atomic E-state index is 12.7. The molecule has 0 atom stereocenters. The monoisotopic (exact) mass is 454 g/mol. The predicted octanol–water partition coefficient (Wildman–Crippen LogP) is 4.30. The van der Waals surface area contributed by atoms with Crippen LogP contribution < -0.4 is 18.9 Å². The molecular weight excluding hydrogens is 428 g/mol. The second kappa shape index (κ2) is 12.0. The lowest BCUT2D eigenvalue weighted by molar-refractivity contribution is -0.136. The molecule has 0 bridgehead atoms. The van der Waals surface area contributed by atoms with E-state index in [-0.39, 0.29) is 5.57 Å². The molecule has 0 unspecified atom stereocenters. The van der Waals surface area contributed by atoms with Crippen LogP contribution in [0.3, 0.4) is 0 Å². The highest BCUT2D eigenvalue weighted by molar-refractivity contribution is 6.09. The van der Waals surface area contributed by atoms with Crippen molar-refractivity contribution in [2.45, 2.75) is 6.42 Å². The molecule has 0 amide bonds. The summed E-state index contributed by atoms with van der Waals surface area (Å²) in [5, 5.41) is 19.6. The molecule has 0 radical (unpaired) electrons. The highest BCUT2D eigenvalue weighted by atomic mass is 16.5. The van der Waals surface area contributed by atoms with Gasteiger partial charge >= 0.3 is 5.97 Å². The largest absolute Gasteiger partial charge is 0.508 e. The zero-order chi connectivity index (χ0) is 24.4. The Morgan fingerprint density at radius 2 is 1.18 bits per heavy atom. The molecule has 2 rings (SSSR count). The molecule has 2 aromatic carbocycles. The van der Waals surface area contributed by atoms with Gasteiger partial charge in [-0.2, -0.15) is 0 Å². The van der Waals surface area contributed by atoms with Crippen LogP contribution in [-0.2, 0) is 9.59 Å². The van der Waals surface area contributed by atoms with Crippen LogP contribution in [0.15, 0.2) is 59.9 Å². The number of hydrogen-bond acceptors (Lipinski definition) is 7. The first kappa shape index (κ1) is 25.1. The van der Waals surface area contributed by atoms with Gasteiger partial charge < -0.3 is 29.2 Å². The molecule has 0 saturated heterocycles. The Labute approximate surface area is 192 Å². The molecule has 0 aliphatic rings. The maximum Gasteiger partial charge on any atom is 0.308 e. The summed E-state index contributed by atoms with van der Waals surface area (Å²) in [5.41, 5.74) is 1.04. The SMILES string of the molecule is COc1ccc(C=CC(O)=C(CC(=O)O)C(=O)/C=C/c2ccc(OC)c(OC)c2)cc1OC. The fourth-order valence-corrected chi connectivity index (χ4v) is 2.92. The van der Waals surface area contributed by atoms with Gasteiger partial charge in [0.15, 0.2) is 28.8 Å². The molecule has 0 fully saturated rings. The van der Waals surface area contributed by atoms with Crippen LogP contribution >= 0.6 is 0 Å². The molecule has 33 heavy (non-hydrogen) atoms. The first-order valence-corrected chi connectivity index (χ1v) is 9.81. The number of methoxy groups -OCH3 is 4. The Hall–Kier alpha value is -4.20. The van der Waals surface area contributed by atoms with Gasteiger partial charge in [-0.3, -0.25) is 9.59 Å². The first-order valence-electron chi connectivity index (χ1n) is 9.81. The summed E-state index contributed by atoms with van der Waals surface area (Å²) >= 11 is 0. The van der Waals surface area contributed by atoms with E-state index in [0.717, 1.165) is 0 Å². The number of carbonyl (C=O) groups excluding carboxylic acids is 1. The third kappa shape index (κ3) is 6.90. The van der Waals surface area contributed by atoms with Gasteiger partial charge in [-0.1, -0.05) is 24.3 Å². The van der Waals surface area contributed by atoms with E-state index in [1.807, 2.05) is 0 Å². The number of aliphatic carboxylic acids is 1. The van der Waals surface area contributed by atoms with Crippen LogP contribution in [0.25, 0.3) is 12.2 Å². The molecule has 0 spiro atoms. The number of aliphatic hydroxyl groups is 1. The minimum Gasteiger partial charge on any atom is -0.508 e. The van der Waals surface area contributed by atoms with Crippen LogP contribution in [0.1, 0.15) is 17.5 Å². The summed E-state index contributed by atoms with van der Waals surface area (Å²) in [6.45, 7) is 0. The van der Waals surface area contributed by atoms with E-state index in [9.17, 15) is 19.8 Å². The molecule has 0 aliphatic heterocycles. The average Bonchev–Trinajstić information content (AvgIpc) is 2.83. The lowest BCUT2D eigenvalue weighted by Gasteiger charge is -2.08. The average molecular weight is 454 g/mol. The Morgan fingerprint density at radius 3 is 1.61 bits per heavy atom. The number of carbonyl (C=O) groups is 2. The van der Waals surface area contributed by atoms with Crippen molar-refractivity contribution in [1.82, 2.24) is 0 Å². The zero-order valence-corrected chi connectivity index (χ0v) is 18.8.